The van der Waals surface area contributed by atoms with Crippen LogP contribution in [0.1, 0.15) is 48.7 Å². The van der Waals surface area contributed by atoms with Gasteiger partial charge >= 0.3 is 0 Å². The highest BCUT2D eigenvalue weighted by Crippen LogP contribution is 2.25. The Hall–Kier alpha value is -2.38. The standard InChI is InChI=1S/C23H32N2O4S/c1-6-29-22-12-9-19(23(26)24-14-13-17(2)3)15-20(22)16-25(5)30(27,28)21-10-7-18(4)8-11-21/h7-12,15,17H,6,13-14,16H2,1-5H3,(H,24,26). The number of sulfonamides is 1. The fourth-order valence-corrected chi connectivity index (χ4v) is 4.08. The van der Waals surface area contributed by atoms with Crippen molar-refractivity contribution in [2.24, 2.45) is 5.92 Å². The fourth-order valence-electron chi connectivity index (χ4n) is 2.93. The molecule has 1 N–H and O–H groups in total. The molecule has 6 nitrogen and oxygen atoms in total. The summed E-state index contributed by atoms with van der Waals surface area (Å²) in [6.07, 6.45) is 0.896. The zero-order chi connectivity index (χ0) is 22.3. The van der Waals surface area contributed by atoms with Crippen LogP contribution in [0.3, 0.4) is 0 Å². The summed E-state index contributed by atoms with van der Waals surface area (Å²) in [6.45, 7) is 9.12. The van der Waals surface area contributed by atoms with Gasteiger partial charge in [0.1, 0.15) is 5.75 Å². The maximum Gasteiger partial charge on any atom is 0.251 e. The topological polar surface area (TPSA) is 75.7 Å². The van der Waals surface area contributed by atoms with Crippen molar-refractivity contribution < 1.29 is 17.9 Å². The zero-order valence-corrected chi connectivity index (χ0v) is 19.3. The Morgan fingerprint density at radius 2 is 1.80 bits per heavy atom. The van der Waals surface area contributed by atoms with Crippen molar-refractivity contribution in [1.82, 2.24) is 9.62 Å². The normalized spacial score (nSPS) is 11.7. The van der Waals surface area contributed by atoms with Gasteiger partial charge in [-0.25, -0.2) is 8.42 Å². The highest BCUT2D eigenvalue weighted by molar-refractivity contribution is 7.89. The minimum absolute atomic E-state index is 0.0959. The number of carbonyl (C=O) groups is 1. The molecule has 0 radical (unpaired) electrons. The number of hydrogen-bond donors (Lipinski definition) is 1. The van der Waals surface area contributed by atoms with E-state index < -0.39 is 10.0 Å². The number of nitrogens with one attached hydrogen (secondary N) is 1. The first kappa shape index (κ1) is 23.9. The van der Waals surface area contributed by atoms with Gasteiger partial charge in [-0.1, -0.05) is 31.5 Å². The van der Waals surface area contributed by atoms with E-state index in [0.29, 0.717) is 35.9 Å². The molecule has 1 amide bonds. The number of ether oxygens (including phenoxy) is 1. The lowest BCUT2D eigenvalue weighted by molar-refractivity contribution is 0.0952. The van der Waals surface area contributed by atoms with E-state index in [1.54, 1.807) is 42.5 Å². The number of carbonyl (C=O) groups excluding carboxylic acids is 1. The number of hydrogen-bond acceptors (Lipinski definition) is 4. The van der Waals surface area contributed by atoms with E-state index >= 15 is 0 Å². The lowest BCUT2D eigenvalue weighted by Gasteiger charge is -2.20. The van der Waals surface area contributed by atoms with E-state index in [4.69, 9.17) is 4.74 Å². The van der Waals surface area contributed by atoms with Gasteiger partial charge < -0.3 is 10.1 Å². The molecule has 0 heterocycles. The minimum atomic E-state index is -3.67. The minimum Gasteiger partial charge on any atom is -0.494 e. The van der Waals surface area contributed by atoms with Gasteiger partial charge in [-0.05, 0) is 56.5 Å². The van der Waals surface area contributed by atoms with Gasteiger partial charge in [0.25, 0.3) is 5.91 Å². The van der Waals surface area contributed by atoms with Gasteiger partial charge in [0.2, 0.25) is 10.0 Å². The van der Waals surface area contributed by atoms with Crippen LogP contribution in [0.15, 0.2) is 47.4 Å². The second kappa shape index (κ2) is 10.6. The molecule has 0 atom stereocenters. The Morgan fingerprint density at radius 3 is 2.40 bits per heavy atom. The number of rotatable bonds is 10. The summed E-state index contributed by atoms with van der Waals surface area (Å²) in [7, 11) is -2.14. The quantitative estimate of drug-likeness (QED) is 0.616. The first-order valence-corrected chi connectivity index (χ1v) is 11.7. The van der Waals surface area contributed by atoms with Crippen molar-refractivity contribution in [2.75, 3.05) is 20.2 Å². The second-order valence-electron chi connectivity index (χ2n) is 7.77. The molecule has 7 heteroatoms. The maximum absolute atomic E-state index is 12.9. The van der Waals surface area contributed by atoms with Gasteiger partial charge in [-0.2, -0.15) is 4.31 Å². The van der Waals surface area contributed by atoms with Gasteiger partial charge in [-0.15, -0.1) is 0 Å². The summed E-state index contributed by atoms with van der Waals surface area (Å²) < 4.78 is 32.8. The Morgan fingerprint density at radius 1 is 1.13 bits per heavy atom. The molecular formula is C23H32N2O4S. The largest absolute Gasteiger partial charge is 0.494 e. The molecule has 0 unspecified atom stereocenters. The monoisotopic (exact) mass is 432 g/mol. The molecule has 0 spiro atoms. The third kappa shape index (κ3) is 6.31. The highest BCUT2D eigenvalue weighted by atomic mass is 32.2. The predicted molar refractivity (Wildman–Crippen MR) is 119 cm³/mol. The molecular weight excluding hydrogens is 400 g/mol. The van der Waals surface area contributed by atoms with Crippen LogP contribution in [0.5, 0.6) is 5.75 Å². The molecule has 0 aliphatic rings. The van der Waals surface area contributed by atoms with Crippen LogP contribution in [-0.2, 0) is 16.6 Å². The smallest absolute Gasteiger partial charge is 0.251 e. The molecule has 2 aromatic rings. The number of benzene rings is 2. The van der Waals surface area contributed by atoms with Gasteiger partial charge in [0.05, 0.1) is 11.5 Å². The summed E-state index contributed by atoms with van der Waals surface area (Å²) >= 11 is 0. The molecule has 164 valence electrons. The Bertz CT molecular complexity index is 954. The van der Waals surface area contributed by atoms with Crippen LogP contribution in [0.25, 0.3) is 0 Å². The Balaban J connectivity index is 2.25. The molecule has 0 bridgehead atoms. The Labute approximate surface area is 180 Å². The lowest BCUT2D eigenvalue weighted by atomic mass is 10.1. The lowest BCUT2D eigenvalue weighted by Crippen LogP contribution is -2.28. The van der Waals surface area contributed by atoms with E-state index in [1.165, 1.54) is 11.4 Å². The van der Waals surface area contributed by atoms with E-state index in [2.05, 4.69) is 19.2 Å². The van der Waals surface area contributed by atoms with Crippen LogP contribution < -0.4 is 10.1 Å². The SMILES string of the molecule is CCOc1ccc(C(=O)NCCC(C)C)cc1CN(C)S(=O)(=O)c1ccc(C)cc1. The molecule has 0 fully saturated rings. The summed E-state index contributed by atoms with van der Waals surface area (Å²) in [5, 5.41) is 2.91. The summed E-state index contributed by atoms with van der Waals surface area (Å²) in [4.78, 5) is 12.7. The van der Waals surface area contributed by atoms with E-state index in [1.807, 2.05) is 13.8 Å². The molecule has 0 saturated carbocycles. The van der Waals surface area contributed by atoms with Gasteiger partial charge in [0, 0.05) is 31.3 Å². The van der Waals surface area contributed by atoms with Crippen LogP contribution in [-0.4, -0.2) is 38.8 Å². The van der Waals surface area contributed by atoms with Gasteiger partial charge in [-0.3, -0.25) is 4.79 Å². The van der Waals surface area contributed by atoms with Gasteiger partial charge in [0.15, 0.2) is 0 Å². The van der Waals surface area contributed by atoms with Crippen molar-refractivity contribution >= 4 is 15.9 Å². The third-order valence-electron chi connectivity index (χ3n) is 4.75. The van der Waals surface area contributed by atoms with Crippen molar-refractivity contribution in [3.63, 3.8) is 0 Å². The average Bonchev–Trinajstić information content (AvgIpc) is 2.69. The van der Waals surface area contributed by atoms with E-state index in [-0.39, 0.29) is 17.3 Å². The number of amides is 1. The van der Waals surface area contributed by atoms with Crippen molar-refractivity contribution in [3.8, 4) is 5.75 Å². The molecule has 30 heavy (non-hydrogen) atoms. The average molecular weight is 433 g/mol. The van der Waals surface area contributed by atoms with Crippen molar-refractivity contribution in [3.05, 3.63) is 59.2 Å². The van der Waals surface area contributed by atoms with E-state index in [0.717, 1.165) is 12.0 Å². The fraction of sp³-hybridized carbons (Fsp3) is 0.435. The van der Waals surface area contributed by atoms with Crippen LogP contribution in [0.4, 0.5) is 0 Å². The van der Waals surface area contributed by atoms with Crippen LogP contribution in [0.2, 0.25) is 0 Å². The zero-order valence-electron chi connectivity index (χ0n) is 18.4. The molecule has 0 saturated heterocycles. The van der Waals surface area contributed by atoms with Crippen molar-refractivity contribution in [2.45, 2.75) is 45.6 Å². The summed E-state index contributed by atoms with van der Waals surface area (Å²) in [5.41, 5.74) is 2.12. The van der Waals surface area contributed by atoms with Crippen molar-refractivity contribution in [1.29, 1.82) is 0 Å². The third-order valence-corrected chi connectivity index (χ3v) is 6.57. The maximum atomic E-state index is 12.9. The predicted octanol–water partition coefficient (Wildman–Crippen LogP) is 3.99. The van der Waals surface area contributed by atoms with Crippen LogP contribution >= 0.6 is 0 Å². The molecule has 0 aromatic heterocycles. The first-order chi connectivity index (χ1) is 14.1. The van der Waals surface area contributed by atoms with Crippen LogP contribution in [0, 0.1) is 12.8 Å². The first-order valence-electron chi connectivity index (χ1n) is 10.2. The summed E-state index contributed by atoms with van der Waals surface area (Å²) in [5.74, 6) is 0.896. The highest BCUT2D eigenvalue weighted by Gasteiger charge is 2.22. The molecule has 2 rings (SSSR count). The second-order valence-corrected chi connectivity index (χ2v) is 9.81. The number of aryl methyl sites for hydroxylation is 1. The van der Waals surface area contributed by atoms with E-state index in [9.17, 15) is 13.2 Å². The molecule has 2 aromatic carbocycles. The molecule has 0 aliphatic heterocycles. The Kier molecular flexibility index (Phi) is 8.43. The summed E-state index contributed by atoms with van der Waals surface area (Å²) in [6, 6.07) is 11.9. The molecule has 0 aliphatic carbocycles. The number of nitrogens with zero attached hydrogens (tertiary/aromatic N) is 1.